The van der Waals surface area contributed by atoms with Gasteiger partial charge in [0.25, 0.3) is 11.1 Å². The minimum Gasteiger partial charge on any atom is -0.506 e. The molecule has 2 atom stereocenters. The first-order valence-corrected chi connectivity index (χ1v) is 22.3. The number of carboxylic acids is 1. The highest BCUT2D eigenvalue weighted by Crippen LogP contribution is 2.36. The lowest BCUT2D eigenvalue weighted by Gasteiger charge is -2.36. The number of rotatable bonds is 12. The number of H-pyrrole nitrogens is 2. The van der Waals surface area contributed by atoms with Crippen molar-refractivity contribution in [2.24, 2.45) is 14.1 Å². The molecule has 338 valence electrons. The molecule has 0 bridgehead atoms. The van der Waals surface area contributed by atoms with Crippen LogP contribution in [0.1, 0.15) is 84.8 Å². The molecule has 8 rings (SSSR count). The maximum atomic E-state index is 14.1. The molecule has 0 radical (unpaired) electrons. The first-order valence-electron chi connectivity index (χ1n) is 22.3. The van der Waals surface area contributed by atoms with Gasteiger partial charge in [-0.15, -0.1) is 0 Å². The molecule has 0 amide bonds. The number of esters is 1. The molecule has 0 spiro atoms. The third kappa shape index (κ3) is 8.40. The molecular weight excluding hydrogens is 815 g/mol. The number of nitrogens with one attached hydrogen (secondary N) is 2. The third-order valence-electron chi connectivity index (χ3n) is 13.1. The van der Waals surface area contributed by atoms with E-state index in [-0.39, 0.29) is 36.3 Å². The molecule has 6 aromatic rings. The van der Waals surface area contributed by atoms with Crippen molar-refractivity contribution >= 4 is 33.7 Å². The number of fused-ring (bicyclic) bond motifs is 2. The zero-order valence-electron chi connectivity index (χ0n) is 38.0. The van der Waals surface area contributed by atoms with Gasteiger partial charge in [-0.05, 0) is 88.1 Å². The number of carbonyl (C=O) groups excluding carboxylic acids is 1. The SMILES string of the molecule is CCc1c(-c2ccc3c(c2)cc(CN2CCN(C(C)C)CC2)n3C)[nH]c(=O)c(C(=O)Oc2c(CC)c(-c3ccc4c(c3)cc(CN3C[C@@H](C)O[C@@H](C)C3)n4C)[nH]c(=O)c2C(=O)O)c1O. The van der Waals surface area contributed by atoms with E-state index < -0.39 is 45.7 Å². The molecule has 15 nitrogen and oxygen atoms in total. The standard InChI is InChI=1S/C49H59N7O8/c1-9-36-42(30-11-13-38-32(19-30)21-34(52(38)7)25-54-15-17-56(18-16-54)27(3)4)50-46(58)40(44(36)57)49(62)64-45-37(10-2)43(51-47(59)41(45)48(60)61)31-12-14-39-33(20-31)22-35(53(39)8)26-55-23-28(5)63-29(6)24-55/h11-14,19-22,27-29H,9-10,15-18,23-26H2,1-8H3,(H,51,59)(H,60,61)(H2,50,57,58)/t28-,29+. The summed E-state index contributed by atoms with van der Waals surface area (Å²) in [5.74, 6) is -3.97. The molecule has 2 saturated heterocycles. The van der Waals surface area contributed by atoms with Gasteiger partial charge in [0.2, 0.25) is 0 Å². The molecule has 64 heavy (non-hydrogen) atoms. The minimum absolute atomic E-state index is 0.123. The third-order valence-corrected chi connectivity index (χ3v) is 13.1. The molecule has 0 saturated carbocycles. The van der Waals surface area contributed by atoms with Gasteiger partial charge >= 0.3 is 11.9 Å². The Hall–Kier alpha value is -6.00. The van der Waals surface area contributed by atoms with Crippen molar-refractivity contribution in [2.75, 3.05) is 39.3 Å². The summed E-state index contributed by atoms with van der Waals surface area (Å²) >= 11 is 0. The highest BCUT2D eigenvalue weighted by Gasteiger charge is 2.31. The first-order chi connectivity index (χ1) is 30.6. The number of nitrogens with zero attached hydrogens (tertiary/aromatic N) is 5. The number of hydrogen-bond donors (Lipinski definition) is 4. The van der Waals surface area contributed by atoms with Gasteiger partial charge in [0, 0.05) is 117 Å². The van der Waals surface area contributed by atoms with Gasteiger partial charge in [0.1, 0.15) is 5.75 Å². The van der Waals surface area contributed by atoms with Crippen LogP contribution in [0.4, 0.5) is 0 Å². The molecule has 4 aromatic heterocycles. The van der Waals surface area contributed by atoms with Crippen molar-refractivity contribution in [3.05, 3.63) is 103 Å². The number of carboxylic acid groups (broad SMARTS) is 1. The summed E-state index contributed by atoms with van der Waals surface area (Å²) in [4.78, 5) is 67.0. The Kier molecular flexibility index (Phi) is 12.5. The van der Waals surface area contributed by atoms with Crippen LogP contribution in [0.2, 0.25) is 0 Å². The summed E-state index contributed by atoms with van der Waals surface area (Å²) < 4.78 is 16.0. The number of aromatic amines is 2. The number of hydrogen-bond acceptors (Lipinski definition) is 10. The average molecular weight is 874 g/mol. The lowest BCUT2D eigenvalue weighted by atomic mass is 9.99. The van der Waals surface area contributed by atoms with Crippen molar-refractivity contribution < 1.29 is 29.3 Å². The van der Waals surface area contributed by atoms with Crippen molar-refractivity contribution in [2.45, 2.75) is 85.7 Å². The second-order valence-electron chi connectivity index (χ2n) is 17.7. The minimum atomic E-state index is -1.61. The predicted octanol–water partition coefficient (Wildman–Crippen LogP) is 6.26. The fourth-order valence-corrected chi connectivity index (χ4v) is 9.80. The number of aromatic hydroxyl groups is 1. The van der Waals surface area contributed by atoms with E-state index in [0.29, 0.717) is 28.4 Å². The Balaban J connectivity index is 1.10. The lowest BCUT2D eigenvalue weighted by Crippen LogP contribution is -2.48. The molecule has 6 heterocycles. The van der Waals surface area contributed by atoms with Gasteiger partial charge in [0.15, 0.2) is 16.9 Å². The van der Waals surface area contributed by atoms with E-state index >= 15 is 0 Å². The molecule has 2 aliphatic rings. The summed E-state index contributed by atoms with van der Waals surface area (Å²) in [6.45, 7) is 19.3. The summed E-state index contributed by atoms with van der Waals surface area (Å²) in [6, 6.07) is 16.2. The number of pyridine rings is 2. The van der Waals surface area contributed by atoms with Crippen LogP contribution < -0.4 is 15.9 Å². The van der Waals surface area contributed by atoms with E-state index in [9.17, 15) is 29.4 Å². The maximum Gasteiger partial charge on any atom is 0.353 e. The lowest BCUT2D eigenvalue weighted by molar-refractivity contribution is -0.0709. The maximum absolute atomic E-state index is 14.1. The molecular formula is C49H59N7O8. The summed E-state index contributed by atoms with van der Waals surface area (Å²) in [6.07, 6.45) is 0.638. The van der Waals surface area contributed by atoms with Crippen LogP contribution in [0.15, 0.2) is 58.1 Å². The van der Waals surface area contributed by atoms with E-state index in [1.54, 1.807) is 13.8 Å². The number of ether oxygens (including phenoxy) is 2. The van der Waals surface area contributed by atoms with Crippen molar-refractivity contribution in [1.29, 1.82) is 0 Å². The Labute approximate surface area is 371 Å². The normalized spacial score (nSPS) is 17.8. The second-order valence-corrected chi connectivity index (χ2v) is 17.7. The van der Waals surface area contributed by atoms with E-state index in [0.717, 1.165) is 85.6 Å². The summed E-state index contributed by atoms with van der Waals surface area (Å²) in [5, 5.41) is 23.8. The van der Waals surface area contributed by atoms with Crippen molar-refractivity contribution in [1.82, 2.24) is 33.8 Å². The monoisotopic (exact) mass is 873 g/mol. The van der Waals surface area contributed by atoms with E-state index in [4.69, 9.17) is 9.47 Å². The van der Waals surface area contributed by atoms with E-state index in [1.807, 2.05) is 50.5 Å². The van der Waals surface area contributed by atoms with Crippen LogP contribution >= 0.6 is 0 Å². The molecule has 15 heteroatoms. The van der Waals surface area contributed by atoms with Crippen LogP contribution in [0.5, 0.6) is 11.5 Å². The first kappa shape index (κ1) is 44.6. The van der Waals surface area contributed by atoms with Gasteiger partial charge in [0.05, 0.1) is 23.6 Å². The Bertz CT molecular complexity index is 2890. The zero-order valence-corrected chi connectivity index (χ0v) is 38.0. The van der Waals surface area contributed by atoms with E-state index in [2.05, 4.69) is 73.6 Å². The smallest absolute Gasteiger partial charge is 0.353 e. The van der Waals surface area contributed by atoms with Crippen molar-refractivity contribution in [3.63, 3.8) is 0 Å². The van der Waals surface area contributed by atoms with Crippen LogP contribution in [0.25, 0.3) is 44.3 Å². The van der Waals surface area contributed by atoms with Gasteiger partial charge in [-0.25, -0.2) is 9.59 Å². The van der Waals surface area contributed by atoms with Crippen LogP contribution in [-0.2, 0) is 44.8 Å². The number of morpholine rings is 1. The number of aryl methyl sites for hydroxylation is 2. The summed E-state index contributed by atoms with van der Waals surface area (Å²) in [5.41, 5.74) is 3.25. The van der Waals surface area contributed by atoms with Crippen LogP contribution in [0, 0.1) is 0 Å². The van der Waals surface area contributed by atoms with E-state index in [1.165, 1.54) is 0 Å². The fraction of sp³-hybridized carbons (Fsp3) is 0.429. The topological polar surface area (TPSA) is 178 Å². The Morgan fingerprint density at radius 1 is 0.750 bits per heavy atom. The molecule has 4 N–H and O–H groups in total. The second kappa shape index (κ2) is 17.9. The molecule has 0 unspecified atom stereocenters. The number of aromatic carboxylic acids is 1. The molecule has 2 fully saturated rings. The predicted molar refractivity (Wildman–Crippen MR) is 248 cm³/mol. The Morgan fingerprint density at radius 2 is 1.25 bits per heavy atom. The van der Waals surface area contributed by atoms with Gasteiger partial charge in [-0.3, -0.25) is 24.3 Å². The number of piperazine rings is 1. The Morgan fingerprint density at radius 3 is 1.75 bits per heavy atom. The average Bonchev–Trinajstić information content (AvgIpc) is 3.72. The van der Waals surface area contributed by atoms with Gasteiger partial charge in [-0.2, -0.15) is 0 Å². The highest BCUT2D eigenvalue weighted by molar-refractivity contribution is 5.99. The van der Waals surface area contributed by atoms with Gasteiger partial charge < -0.3 is 38.8 Å². The van der Waals surface area contributed by atoms with Crippen LogP contribution in [0.3, 0.4) is 0 Å². The number of benzene rings is 2. The van der Waals surface area contributed by atoms with Crippen molar-refractivity contribution in [3.8, 4) is 34.0 Å². The fourth-order valence-electron chi connectivity index (χ4n) is 9.80. The summed E-state index contributed by atoms with van der Waals surface area (Å²) in [7, 11) is 4.05. The molecule has 0 aliphatic carbocycles. The largest absolute Gasteiger partial charge is 0.506 e. The zero-order chi connectivity index (χ0) is 45.7. The van der Waals surface area contributed by atoms with Crippen LogP contribution in [-0.4, -0.2) is 113 Å². The highest BCUT2D eigenvalue weighted by atomic mass is 16.5. The number of aromatic nitrogens is 4. The quantitative estimate of drug-likeness (QED) is 0.102. The van der Waals surface area contributed by atoms with Gasteiger partial charge in [-0.1, -0.05) is 26.0 Å². The molecule has 2 aromatic carbocycles. The number of carbonyl (C=O) groups is 2. The molecule has 2 aliphatic heterocycles.